The molecule has 0 radical (unpaired) electrons. The Hall–Kier alpha value is -2.38. The molecule has 1 N–H and O–H groups in total. The molecule has 0 bridgehead atoms. The van der Waals surface area contributed by atoms with Crippen LogP contribution in [0.5, 0.6) is 0 Å². The molecule has 26 heavy (non-hydrogen) atoms. The van der Waals surface area contributed by atoms with Crippen molar-refractivity contribution >= 4 is 27.2 Å². The number of hydrogen-bond acceptors (Lipinski definition) is 5. The van der Waals surface area contributed by atoms with E-state index >= 15 is 0 Å². The molecule has 2 aromatic rings. The van der Waals surface area contributed by atoms with Crippen molar-refractivity contribution in [3.8, 4) is 0 Å². The molecule has 1 heterocycles. The van der Waals surface area contributed by atoms with Gasteiger partial charge in [-0.15, -0.1) is 0 Å². The predicted octanol–water partition coefficient (Wildman–Crippen LogP) is 2.44. The molecule has 138 valence electrons. The third-order valence-corrected chi connectivity index (χ3v) is 5.94. The first-order valence-corrected chi connectivity index (χ1v) is 10.0. The van der Waals surface area contributed by atoms with Crippen LogP contribution in [0, 0.1) is 0 Å². The van der Waals surface area contributed by atoms with E-state index in [9.17, 15) is 13.2 Å². The number of ketones is 1. The third kappa shape index (κ3) is 4.05. The quantitative estimate of drug-likeness (QED) is 0.816. The van der Waals surface area contributed by atoms with Gasteiger partial charge < -0.3 is 9.80 Å². The number of carbonyl (C=O) groups is 1. The minimum Gasteiger partial charge on any atom is -0.367 e. The molecule has 2 aromatic carbocycles. The fourth-order valence-electron chi connectivity index (χ4n) is 2.96. The Morgan fingerprint density at radius 2 is 1.58 bits per heavy atom. The maximum absolute atomic E-state index is 12.7. The number of nitrogens with one attached hydrogen (secondary N) is 1. The number of anilines is 2. The van der Waals surface area contributed by atoms with Gasteiger partial charge in [0.1, 0.15) is 0 Å². The van der Waals surface area contributed by atoms with Crippen molar-refractivity contribution in [1.82, 2.24) is 4.90 Å². The van der Waals surface area contributed by atoms with E-state index < -0.39 is 10.0 Å². The molecule has 1 aliphatic rings. The zero-order valence-electron chi connectivity index (χ0n) is 15.0. The lowest BCUT2D eigenvalue weighted by Gasteiger charge is -2.35. The van der Waals surface area contributed by atoms with Crippen molar-refractivity contribution < 1.29 is 13.2 Å². The van der Waals surface area contributed by atoms with E-state index in [1.54, 1.807) is 6.07 Å². The molecule has 0 unspecified atom stereocenters. The lowest BCUT2D eigenvalue weighted by atomic mass is 10.2. The van der Waals surface area contributed by atoms with Gasteiger partial charge in [0, 0.05) is 31.7 Å². The Labute approximate surface area is 154 Å². The summed E-state index contributed by atoms with van der Waals surface area (Å²) >= 11 is 0. The van der Waals surface area contributed by atoms with Crippen molar-refractivity contribution in [3.05, 3.63) is 54.1 Å². The number of carbonyl (C=O) groups excluding carboxylic acids is 1. The average Bonchev–Trinajstić information content (AvgIpc) is 2.63. The van der Waals surface area contributed by atoms with Crippen LogP contribution in [0.2, 0.25) is 0 Å². The first-order chi connectivity index (χ1) is 12.4. The zero-order valence-corrected chi connectivity index (χ0v) is 15.8. The largest absolute Gasteiger partial charge is 0.367 e. The molecular weight excluding hydrogens is 350 g/mol. The Balaban J connectivity index is 1.85. The Morgan fingerprint density at radius 3 is 2.19 bits per heavy atom. The van der Waals surface area contributed by atoms with Gasteiger partial charge >= 0.3 is 0 Å². The maximum atomic E-state index is 12.7. The van der Waals surface area contributed by atoms with E-state index in [1.807, 2.05) is 18.2 Å². The second-order valence-electron chi connectivity index (χ2n) is 6.49. The smallest absolute Gasteiger partial charge is 0.261 e. The molecule has 1 aliphatic heterocycles. The number of hydrogen-bond donors (Lipinski definition) is 1. The lowest BCUT2D eigenvalue weighted by Crippen LogP contribution is -2.44. The van der Waals surface area contributed by atoms with Gasteiger partial charge in [-0.3, -0.25) is 9.52 Å². The Morgan fingerprint density at radius 1 is 0.962 bits per heavy atom. The van der Waals surface area contributed by atoms with Crippen molar-refractivity contribution in [2.24, 2.45) is 0 Å². The van der Waals surface area contributed by atoms with E-state index in [-0.39, 0.29) is 10.7 Å². The number of rotatable bonds is 5. The monoisotopic (exact) mass is 373 g/mol. The molecular formula is C19H23N3O3S. The summed E-state index contributed by atoms with van der Waals surface area (Å²) in [6.07, 6.45) is 0. The average molecular weight is 373 g/mol. The third-order valence-electron chi connectivity index (χ3n) is 4.56. The summed E-state index contributed by atoms with van der Waals surface area (Å²) in [6, 6.07) is 13.4. The molecule has 0 aromatic heterocycles. The Kier molecular flexibility index (Phi) is 5.29. The van der Waals surface area contributed by atoms with Crippen molar-refractivity contribution in [2.75, 3.05) is 42.8 Å². The van der Waals surface area contributed by atoms with Gasteiger partial charge in [-0.25, -0.2) is 8.42 Å². The van der Waals surface area contributed by atoms with E-state index in [4.69, 9.17) is 0 Å². The van der Waals surface area contributed by atoms with E-state index in [2.05, 4.69) is 21.6 Å². The number of likely N-dealkylation sites (N-methyl/N-ethyl adjacent to an activating group) is 1. The van der Waals surface area contributed by atoms with Crippen LogP contribution < -0.4 is 9.62 Å². The van der Waals surface area contributed by atoms with Crippen LogP contribution in [0.15, 0.2) is 53.4 Å². The molecule has 3 rings (SSSR count). The number of piperazine rings is 1. The number of Topliss-reactive ketones (excluding diaryl/α,β-unsaturated/α-hetero) is 1. The standard InChI is InChI=1S/C19H23N3O3S/c1-15(23)16-7-9-17(10-8-16)26(24,25)20-18-5-3-4-6-19(18)22-13-11-21(2)12-14-22/h3-10,20H,11-14H2,1-2H3. The summed E-state index contributed by atoms with van der Waals surface area (Å²) in [5, 5.41) is 0. The minimum absolute atomic E-state index is 0.0951. The van der Waals surface area contributed by atoms with Crippen LogP contribution in [0.4, 0.5) is 11.4 Å². The highest BCUT2D eigenvalue weighted by atomic mass is 32.2. The van der Waals surface area contributed by atoms with Crippen molar-refractivity contribution in [3.63, 3.8) is 0 Å². The van der Waals surface area contributed by atoms with Gasteiger partial charge in [-0.1, -0.05) is 24.3 Å². The van der Waals surface area contributed by atoms with Gasteiger partial charge in [0.2, 0.25) is 0 Å². The molecule has 0 atom stereocenters. The number of para-hydroxylation sites is 2. The van der Waals surface area contributed by atoms with E-state index in [1.165, 1.54) is 31.2 Å². The Bertz CT molecular complexity index is 887. The fraction of sp³-hybridized carbons (Fsp3) is 0.316. The highest BCUT2D eigenvalue weighted by Crippen LogP contribution is 2.28. The van der Waals surface area contributed by atoms with Gasteiger partial charge in [0.25, 0.3) is 10.0 Å². The van der Waals surface area contributed by atoms with Crippen molar-refractivity contribution in [1.29, 1.82) is 0 Å². The number of sulfonamides is 1. The van der Waals surface area contributed by atoms with Crippen LogP contribution in [-0.2, 0) is 10.0 Å². The topological polar surface area (TPSA) is 69.7 Å². The van der Waals surface area contributed by atoms with Crippen LogP contribution in [0.1, 0.15) is 17.3 Å². The van der Waals surface area contributed by atoms with Gasteiger partial charge in [0.15, 0.2) is 5.78 Å². The summed E-state index contributed by atoms with van der Waals surface area (Å²) < 4.78 is 28.2. The first kappa shape index (κ1) is 18.4. The highest BCUT2D eigenvalue weighted by Gasteiger charge is 2.20. The molecule has 0 amide bonds. The number of benzene rings is 2. The molecule has 0 spiro atoms. The van der Waals surface area contributed by atoms with Gasteiger partial charge in [-0.05, 0) is 38.2 Å². The van der Waals surface area contributed by atoms with Crippen LogP contribution in [0.25, 0.3) is 0 Å². The normalized spacial score (nSPS) is 15.7. The molecule has 1 saturated heterocycles. The number of nitrogens with zero attached hydrogens (tertiary/aromatic N) is 2. The zero-order chi connectivity index (χ0) is 18.7. The van der Waals surface area contributed by atoms with Gasteiger partial charge in [0.05, 0.1) is 16.3 Å². The fourth-order valence-corrected chi connectivity index (χ4v) is 4.03. The molecule has 1 fully saturated rings. The summed E-state index contributed by atoms with van der Waals surface area (Å²) in [6.45, 7) is 5.03. The van der Waals surface area contributed by atoms with Crippen LogP contribution in [-0.4, -0.2) is 52.3 Å². The maximum Gasteiger partial charge on any atom is 0.261 e. The summed E-state index contributed by atoms with van der Waals surface area (Å²) in [4.78, 5) is 15.9. The minimum atomic E-state index is -3.73. The van der Waals surface area contributed by atoms with Crippen LogP contribution >= 0.6 is 0 Å². The van der Waals surface area contributed by atoms with Crippen molar-refractivity contribution in [2.45, 2.75) is 11.8 Å². The molecule has 0 aliphatic carbocycles. The molecule has 7 heteroatoms. The summed E-state index contributed by atoms with van der Waals surface area (Å²) in [7, 11) is -1.65. The van der Waals surface area contributed by atoms with Crippen LogP contribution in [0.3, 0.4) is 0 Å². The lowest BCUT2D eigenvalue weighted by molar-refractivity contribution is 0.101. The predicted molar refractivity (Wildman–Crippen MR) is 103 cm³/mol. The van der Waals surface area contributed by atoms with E-state index in [0.29, 0.717) is 11.3 Å². The summed E-state index contributed by atoms with van der Waals surface area (Å²) in [5.74, 6) is -0.0951. The molecule has 6 nitrogen and oxygen atoms in total. The SMILES string of the molecule is CC(=O)c1ccc(S(=O)(=O)Nc2ccccc2N2CCN(C)CC2)cc1. The second kappa shape index (κ2) is 7.47. The summed E-state index contributed by atoms with van der Waals surface area (Å²) in [5.41, 5.74) is 1.93. The second-order valence-corrected chi connectivity index (χ2v) is 8.18. The molecule has 0 saturated carbocycles. The van der Waals surface area contributed by atoms with Gasteiger partial charge in [-0.2, -0.15) is 0 Å². The highest BCUT2D eigenvalue weighted by molar-refractivity contribution is 7.92. The first-order valence-electron chi connectivity index (χ1n) is 8.53. The van der Waals surface area contributed by atoms with E-state index in [0.717, 1.165) is 31.9 Å².